The zero-order valence-corrected chi connectivity index (χ0v) is 14.7. The molecule has 0 unspecified atom stereocenters. The third kappa shape index (κ3) is 5.47. The summed E-state index contributed by atoms with van der Waals surface area (Å²) in [4.78, 5) is 24.0. The Bertz CT molecular complexity index is 859. The van der Waals surface area contributed by atoms with Crippen LogP contribution >= 0.6 is 0 Å². The van der Waals surface area contributed by atoms with Gasteiger partial charge in [-0.15, -0.1) is 0 Å². The molecule has 0 spiro atoms. The zero-order valence-electron chi connectivity index (χ0n) is 14.7. The first-order valence-corrected chi connectivity index (χ1v) is 8.63. The van der Waals surface area contributed by atoms with Gasteiger partial charge in [-0.25, -0.2) is 0 Å². The number of rotatable bonds is 8. The summed E-state index contributed by atoms with van der Waals surface area (Å²) < 4.78 is 10.6. The van der Waals surface area contributed by atoms with E-state index in [0.29, 0.717) is 30.8 Å². The fourth-order valence-corrected chi connectivity index (χ4v) is 2.39. The van der Waals surface area contributed by atoms with Crippen molar-refractivity contribution >= 4 is 17.5 Å². The van der Waals surface area contributed by atoms with Crippen LogP contribution in [0.2, 0.25) is 0 Å². The van der Waals surface area contributed by atoms with Crippen LogP contribution in [0.25, 0.3) is 0 Å². The molecular weight excluding hydrogens is 344 g/mol. The molecule has 3 rings (SSSR count). The number of benzene rings is 2. The Morgan fingerprint density at radius 3 is 2.37 bits per heavy atom. The van der Waals surface area contributed by atoms with Crippen molar-refractivity contribution in [1.29, 1.82) is 0 Å². The highest BCUT2D eigenvalue weighted by Crippen LogP contribution is 2.12. The van der Waals surface area contributed by atoms with E-state index >= 15 is 0 Å². The molecular formula is C21H20N2O4. The van der Waals surface area contributed by atoms with Crippen LogP contribution in [-0.4, -0.2) is 25.0 Å². The molecule has 6 heteroatoms. The molecule has 0 saturated carbocycles. The molecule has 6 nitrogen and oxygen atoms in total. The molecule has 2 N–H and O–H groups in total. The predicted molar refractivity (Wildman–Crippen MR) is 102 cm³/mol. The number of amides is 2. The maximum absolute atomic E-state index is 12.1. The summed E-state index contributed by atoms with van der Waals surface area (Å²) in [5, 5.41) is 5.55. The molecule has 3 aromatic rings. The summed E-state index contributed by atoms with van der Waals surface area (Å²) in [6.45, 7) is 1.05. The van der Waals surface area contributed by atoms with Gasteiger partial charge in [0.05, 0.1) is 12.9 Å². The van der Waals surface area contributed by atoms with E-state index in [1.807, 2.05) is 30.3 Å². The lowest BCUT2D eigenvalue weighted by Crippen LogP contribution is -2.25. The van der Waals surface area contributed by atoms with Gasteiger partial charge in [0, 0.05) is 17.8 Å². The molecule has 0 radical (unpaired) electrons. The average Bonchev–Trinajstić information content (AvgIpc) is 3.24. The first-order valence-electron chi connectivity index (χ1n) is 8.63. The number of hydrogen-bond donors (Lipinski definition) is 2. The molecule has 27 heavy (non-hydrogen) atoms. The van der Waals surface area contributed by atoms with Gasteiger partial charge in [0.25, 0.3) is 11.8 Å². The van der Waals surface area contributed by atoms with Crippen molar-refractivity contribution in [2.24, 2.45) is 0 Å². The minimum atomic E-state index is -0.337. The molecule has 0 atom stereocenters. The molecule has 2 aromatic carbocycles. The summed E-state index contributed by atoms with van der Waals surface area (Å²) in [6, 6.07) is 19.4. The van der Waals surface area contributed by atoms with Crippen molar-refractivity contribution in [1.82, 2.24) is 5.32 Å². The van der Waals surface area contributed by atoms with E-state index in [1.165, 1.54) is 6.26 Å². The molecule has 1 heterocycles. The molecule has 0 bridgehead atoms. The Morgan fingerprint density at radius 1 is 0.889 bits per heavy atom. The van der Waals surface area contributed by atoms with Gasteiger partial charge < -0.3 is 19.8 Å². The summed E-state index contributed by atoms with van der Waals surface area (Å²) in [5.74, 6) is 0.541. The van der Waals surface area contributed by atoms with Crippen molar-refractivity contribution in [2.45, 2.75) is 6.42 Å². The van der Waals surface area contributed by atoms with Gasteiger partial charge >= 0.3 is 0 Å². The Labute approximate surface area is 157 Å². The van der Waals surface area contributed by atoms with Crippen LogP contribution in [0.15, 0.2) is 77.4 Å². The van der Waals surface area contributed by atoms with Crippen LogP contribution in [0.5, 0.6) is 5.75 Å². The lowest BCUT2D eigenvalue weighted by molar-refractivity contribution is 0.0950. The highest BCUT2D eigenvalue weighted by Gasteiger charge is 2.09. The Morgan fingerprint density at radius 2 is 1.67 bits per heavy atom. The van der Waals surface area contributed by atoms with Crippen LogP contribution in [0.3, 0.4) is 0 Å². The van der Waals surface area contributed by atoms with Gasteiger partial charge in [-0.1, -0.05) is 18.2 Å². The minimum absolute atomic E-state index is 0.168. The first kappa shape index (κ1) is 18.3. The number of nitrogens with one attached hydrogen (secondary N) is 2. The van der Waals surface area contributed by atoms with Crippen molar-refractivity contribution in [3.63, 3.8) is 0 Å². The predicted octanol–water partition coefficient (Wildman–Crippen LogP) is 3.73. The number of anilines is 1. The quantitative estimate of drug-likeness (QED) is 0.597. The molecule has 2 amide bonds. The third-order valence-corrected chi connectivity index (χ3v) is 3.77. The van der Waals surface area contributed by atoms with Crippen LogP contribution in [0.4, 0.5) is 5.69 Å². The number of carbonyl (C=O) groups is 2. The summed E-state index contributed by atoms with van der Waals surface area (Å²) in [7, 11) is 0. The van der Waals surface area contributed by atoms with E-state index in [0.717, 1.165) is 5.75 Å². The normalized spacial score (nSPS) is 10.2. The molecule has 1 aromatic heterocycles. The van der Waals surface area contributed by atoms with Gasteiger partial charge in [0.15, 0.2) is 5.76 Å². The molecule has 0 fully saturated rings. The molecule has 0 aliphatic heterocycles. The van der Waals surface area contributed by atoms with Crippen LogP contribution in [0, 0.1) is 0 Å². The standard InChI is InChI=1S/C21H20N2O4/c24-20(22-13-5-15-26-18-6-2-1-3-7-18)16-9-11-17(12-10-16)23-21(25)19-8-4-14-27-19/h1-4,6-12,14H,5,13,15H2,(H,22,24)(H,23,25). The highest BCUT2D eigenvalue weighted by atomic mass is 16.5. The Balaban J connectivity index is 1.40. The van der Waals surface area contributed by atoms with Gasteiger partial charge in [-0.05, 0) is 55.0 Å². The maximum Gasteiger partial charge on any atom is 0.291 e. The summed E-state index contributed by atoms with van der Waals surface area (Å²) in [5.41, 5.74) is 1.11. The second kappa shape index (κ2) is 9.24. The van der Waals surface area contributed by atoms with Crippen molar-refractivity contribution < 1.29 is 18.7 Å². The molecule has 138 valence electrons. The van der Waals surface area contributed by atoms with E-state index in [-0.39, 0.29) is 17.6 Å². The third-order valence-electron chi connectivity index (χ3n) is 3.77. The number of carbonyl (C=O) groups excluding carboxylic acids is 2. The fourth-order valence-electron chi connectivity index (χ4n) is 2.39. The zero-order chi connectivity index (χ0) is 18.9. The number of hydrogen-bond acceptors (Lipinski definition) is 4. The van der Waals surface area contributed by atoms with E-state index in [1.54, 1.807) is 36.4 Å². The largest absolute Gasteiger partial charge is 0.494 e. The lowest BCUT2D eigenvalue weighted by Gasteiger charge is -2.08. The summed E-state index contributed by atoms with van der Waals surface area (Å²) in [6.07, 6.45) is 2.14. The summed E-state index contributed by atoms with van der Waals surface area (Å²) >= 11 is 0. The van der Waals surface area contributed by atoms with E-state index < -0.39 is 0 Å². The monoisotopic (exact) mass is 364 g/mol. The van der Waals surface area contributed by atoms with Gasteiger partial charge in [0.2, 0.25) is 0 Å². The van der Waals surface area contributed by atoms with E-state index in [9.17, 15) is 9.59 Å². The van der Waals surface area contributed by atoms with Crippen molar-refractivity contribution in [2.75, 3.05) is 18.5 Å². The minimum Gasteiger partial charge on any atom is -0.494 e. The second-order valence-electron chi connectivity index (χ2n) is 5.78. The van der Waals surface area contributed by atoms with Crippen LogP contribution in [0.1, 0.15) is 27.3 Å². The number of ether oxygens (including phenoxy) is 1. The first-order chi connectivity index (χ1) is 13.2. The highest BCUT2D eigenvalue weighted by molar-refractivity contribution is 6.02. The average molecular weight is 364 g/mol. The number of furan rings is 1. The maximum atomic E-state index is 12.1. The molecule has 0 saturated heterocycles. The van der Waals surface area contributed by atoms with Gasteiger partial charge in [-0.3, -0.25) is 9.59 Å². The molecule has 0 aliphatic carbocycles. The van der Waals surface area contributed by atoms with Crippen LogP contribution < -0.4 is 15.4 Å². The topological polar surface area (TPSA) is 80.6 Å². The van der Waals surface area contributed by atoms with E-state index in [2.05, 4.69) is 10.6 Å². The second-order valence-corrected chi connectivity index (χ2v) is 5.78. The van der Waals surface area contributed by atoms with Crippen molar-refractivity contribution in [3.05, 3.63) is 84.3 Å². The van der Waals surface area contributed by atoms with E-state index in [4.69, 9.17) is 9.15 Å². The smallest absolute Gasteiger partial charge is 0.291 e. The van der Waals surface area contributed by atoms with Crippen molar-refractivity contribution in [3.8, 4) is 5.75 Å². The lowest BCUT2D eigenvalue weighted by atomic mass is 10.2. The SMILES string of the molecule is O=C(NCCCOc1ccccc1)c1ccc(NC(=O)c2ccco2)cc1. The number of para-hydroxylation sites is 1. The van der Waals surface area contributed by atoms with Crippen LogP contribution in [-0.2, 0) is 0 Å². The van der Waals surface area contributed by atoms with Gasteiger partial charge in [0.1, 0.15) is 5.75 Å². The van der Waals surface area contributed by atoms with Gasteiger partial charge in [-0.2, -0.15) is 0 Å². The molecule has 0 aliphatic rings. The fraction of sp³-hybridized carbons (Fsp3) is 0.143. The Hall–Kier alpha value is -3.54. The Kier molecular flexibility index (Phi) is 6.25.